The monoisotopic (exact) mass is 481 g/mol. The predicted octanol–water partition coefficient (Wildman–Crippen LogP) is 2.63. The molecule has 0 aromatic carbocycles. The molecule has 0 saturated carbocycles. The van der Waals surface area contributed by atoms with Gasteiger partial charge >= 0.3 is 0 Å². The van der Waals surface area contributed by atoms with E-state index >= 15 is 0 Å². The molecule has 11 heteroatoms. The smallest absolute Gasteiger partial charge is 0.240 e. The van der Waals surface area contributed by atoms with Crippen molar-refractivity contribution < 1.29 is 18.9 Å². The molecular weight excluding hydrogens is 450 g/mol. The minimum absolute atomic E-state index is 0.0980. The van der Waals surface area contributed by atoms with Crippen molar-refractivity contribution in [3.05, 3.63) is 24.3 Å². The van der Waals surface area contributed by atoms with Gasteiger partial charge in [0, 0.05) is 32.2 Å². The van der Waals surface area contributed by atoms with Crippen molar-refractivity contribution >= 4 is 34.3 Å². The molecule has 2 fully saturated rings. The van der Waals surface area contributed by atoms with Crippen LogP contribution in [-0.2, 0) is 9.47 Å². The van der Waals surface area contributed by atoms with Crippen LogP contribution in [0.25, 0.3) is 11.0 Å². The largest absolute Gasteiger partial charge is 0.481 e. The maximum Gasteiger partial charge on any atom is 0.240 e. The number of fused-ring (bicyclic) bond motifs is 1. The van der Waals surface area contributed by atoms with Crippen LogP contribution in [-0.4, -0.2) is 85.8 Å². The first-order valence-electron chi connectivity index (χ1n) is 11.8. The molecule has 35 heavy (non-hydrogen) atoms. The van der Waals surface area contributed by atoms with Gasteiger partial charge in [-0.15, -0.1) is 0 Å². The molecule has 2 unspecified atom stereocenters. The van der Waals surface area contributed by atoms with E-state index in [0.717, 1.165) is 37.4 Å². The number of anilines is 4. The Morgan fingerprint density at radius 2 is 1.66 bits per heavy atom. The number of nitrogens with zero attached hydrogens (tertiary/aromatic N) is 6. The molecule has 0 aliphatic carbocycles. The fourth-order valence-corrected chi connectivity index (χ4v) is 4.48. The average Bonchev–Trinajstić information content (AvgIpc) is 2.88. The first kappa shape index (κ1) is 23.3. The highest BCUT2D eigenvalue weighted by Crippen LogP contribution is 2.31. The summed E-state index contributed by atoms with van der Waals surface area (Å²) in [7, 11) is 3.14. The molecule has 0 radical (unpaired) electrons. The number of aromatic nitrogens is 4. The van der Waals surface area contributed by atoms with Gasteiger partial charge in [-0.3, -0.25) is 0 Å². The number of methoxy groups -OCH3 is 2. The van der Waals surface area contributed by atoms with Gasteiger partial charge in [0.25, 0.3) is 0 Å². The Labute approximate surface area is 204 Å². The predicted molar refractivity (Wildman–Crippen MR) is 133 cm³/mol. The normalized spacial score (nSPS) is 20.7. The molecule has 0 spiro atoms. The summed E-state index contributed by atoms with van der Waals surface area (Å²) in [6, 6.07) is 7.53. The van der Waals surface area contributed by atoms with E-state index in [2.05, 4.69) is 33.9 Å². The molecule has 1 N–H and O–H groups in total. The van der Waals surface area contributed by atoms with Gasteiger partial charge in [0.05, 0.1) is 45.0 Å². The third-order valence-corrected chi connectivity index (χ3v) is 6.04. The van der Waals surface area contributed by atoms with E-state index in [1.54, 1.807) is 20.3 Å². The molecule has 3 aromatic heterocycles. The van der Waals surface area contributed by atoms with Crippen LogP contribution in [0, 0.1) is 0 Å². The van der Waals surface area contributed by atoms with Gasteiger partial charge in [0.15, 0.2) is 5.65 Å². The first-order chi connectivity index (χ1) is 17.0. The summed E-state index contributed by atoms with van der Waals surface area (Å²) in [5, 5.41) is 4.20. The highest BCUT2D eigenvalue weighted by molar-refractivity contribution is 5.89. The molecule has 0 amide bonds. The maximum absolute atomic E-state index is 5.92. The van der Waals surface area contributed by atoms with Crippen molar-refractivity contribution in [3.63, 3.8) is 0 Å². The summed E-state index contributed by atoms with van der Waals surface area (Å²) < 4.78 is 22.1. The number of pyridine rings is 2. The summed E-state index contributed by atoms with van der Waals surface area (Å²) in [6.45, 7) is 8.49. The van der Waals surface area contributed by atoms with Crippen LogP contribution in [0.3, 0.4) is 0 Å². The molecule has 2 atom stereocenters. The lowest BCUT2D eigenvalue weighted by Crippen LogP contribution is -2.46. The molecular formula is C24H31N7O4. The Morgan fingerprint density at radius 1 is 0.886 bits per heavy atom. The summed E-state index contributed by atoms with van der Waals surface area (Å²) in [4.78, 5) is 23.5. The van der Waals surface area contributed by atoms with Crippen molar-refractivity contribution in [1.29, 1.82) is 0 Å². The Bertz CT molecular complexity index is 1180. The molecule has 2 aliphatic heterocycles. The van der Waals surface area contributed by atoms with E-state index in [-0.39, 0.29) is 12.2 Å². The van der Waals surface area contributed by atoms with E-state index in [9.17, 15) is 0 Å². The van der Waals surface area contributed by atoms with Crippen molar-refractivity contribution in [1.82, 2.24) is 19.9 Å². The summed E-state index contributed by atoms with van der Waals surface area (Å²) >= 11 is 0. The summed E-state index contributed by atoms with van der Waals surface area (Å²) in [5.41, 5.74) is 1.30. The molecule has 2 saturated heterocycles. The Kier molecular flexibility index (Phi) is 6.69. The van der Waals surface area contributed by atoms with E-state index in [1.165, 1.54) is 0 Å². The highest BCUT2D eigenvalue weighted by atomic mass is 16.5. The molecule has 186 valence electrons. The SMILES string of the molecule is COc1ccc(Nc2ccc3c(N4CCOCC4)nc(N4CC(C)OC(C)C4)nc3n2)c(OC)n1. The van der Waals surface area contributed by atoms with E-state index in [4.69, 9.17) is 33.9 Å². The van der Waals surface area contributed by atoms with Gasteiger partial charge in [-0.2, -0.15) is 15.0 Å². The van der Waals surface area contributed by atoms with Gasteiger partial charge in [0.2, 0.25) is 17.7 Å². The van der Waals surface area contributed by atoms with Crippen molar-refractivity contribution in [3.8, 4) is 11.8 Å². The minimum Gasteiger partial charge on any atom is -0.481 e. The van der Waals surface area contributed by atoms with Gasteiger partial charge < -0.3 is 34.1 Å². The zero-order chi connectivity index (χ0) is 24.4. The van der Waals surface area contributed by atoms with Crippen molar-refractivity contribution in [2.24, 2.45) is 0 Å². The van der Waals surface area contributed by atoms with Crippen LogP contribution in [0.4, 0.5) is 23.3 Å². The zero-order valence-electron chi connectivity index (χ0n) is 20.5. The highest BCUT2D eigenvalue weighted by Gasteiger charge is 2.26. The van der Waals surface area contributed by atoms with Gasteiger partial charge in [0.1, 0.15) is 17.3 Å². The summed E-state index contributed by atoms with van der Waals surface area (Å²) in [6.07, 6.45) is 0.196. The van der Waals surface area contributed by atoms with E-state index in [0.29, 0.717) is 48.1 Å². The molecule has 5 rings (SSSR count). The van der Waals surface area contributed by atoms with Gasteiger partial charge in [-0.05, 0) is 32.0 Å². The number of rotatable bonds is 6. The second kappa shape index (κ2) is 10.0. The second-order valence-corrected chi connectivity index (χ2v) is 8.71. The molecule has 5 heterocycles. The standard InChI is InChI=1S/C24H31N7O4/c1-15-13-31(14-16(2)35-15)24-28-21-17(22(29-24)30-9-11-34-12-10-30)5-7-19(26-21)25-18-6-8-20(32-3)27-23(18)33-4/h5-8,15-16H,9-14H2,1-4H3,(H,25,26,28,29). The number of nitrogens with one attached hydrogen (secondary N) is 1. The third-order valence-electron chi connectivity index (χ3n) is 6.04. The van der Waals surface area contributed by atoms with Crippen LogP contribution in [0.5, 0.6) is 11.8 Å². The minimum atomic E-state index is 0.0980. The first-order valence-corrected chi connectivity index (χ1v) is 11.8. The quantitative estimate of drug-likeness (QED) is 0.561. The van der Waals surface area contributed by atoms with Gasteiger partial charge in [-0.1, -0.05) is 0 Å². The van der Waals surface area contributed by atoms with Crippen LogP contribution in [0.1, 0.15) is 13.8 Å². The van der Waals surface area contributed by atoms with E-state index < -0.39 is 0 Å². The van der Waals surface area contributed by atoms with E-state index in [1.807, 2.05) is 18.2 Å². The Balaban J connectivity index is 1.54. The third kappa shape index (κ3) is 5.01. The molecule has 11 nitrogen and oxygen atoms in total. The average molecular weight is 482 g/mol. The molecule has 3 aromatic rings. The number of ether oxygens (including phenoxy) is 4. The fraction of sp³-hybridized carbons (Fsp3) is 0.500. The molecule has 0 bridgehead atoms. The number of morpholine rings is 2. The summed E-state index contributed by atoms with van der Waals surface area (Å²) in [5.74, 6) is 3.06. The number of hydrogen-bond acceptors (Lipinski definition) is 11. The van der Waals surface area contributed by atoms with Crippen LogP contribution >= 0.6 is 0 Å². The Morgan fingerprint density at radius 3 is 2.37 bits per heavy atom. The Hall–Kier alpha value is -3.44. The lowest BCUT2D eigenvalue weighted by molar-refractivity contribution is -0.00570. The lowest BCUT2D eigenvalue weighted by atomic mass is 10.2. The fourth-order valence-electron chi connectivity index (χ4n) is 4.48. The lowest BCUT2D eigenvalue weighted by Gasteiger charge is -2.36. The zero-order valence-corrected chi connectivity index (χ0v) is 20.5. The number of hydrogen-bond donors (Lipinski definition) is 1. The van der Waals surface area contributed by atoms with Gasteiger partial charge in [-0.25, -0.2) is 4.98 Å². The maximum atomic E-state index is 5.92. The van der Waals surface area contributed by atoms with Crippen molar-refractivity contribution in [2.75, 3.05) is 68.7 Å². The van der Waals surface area contributed by atoms with Crippen molar-refractivity contribution in [2.45, 2.75) is 26.1 Å². The second-order valence-electron chi connectivity index (χ2n) is 8.71. The van der Waals surface area contributed by atoms with Crippen LogP contribution < -0.4 is 24.6 Å². The van der Waals surface area contributed by atoms with Crippen LogP contribution in [0.2, 0.25) is 0 Å². The topological polar surface area (TPSA) is 107 Å². The van der Waals surface area contributed by atoms with Crippen LogP contribution in [0.15, 0.2) is 24.3 Å². The molecule has 2 aliphatic rings.